The van der Waals surface area contributed by atoms with Crippen LogP contribution < -0.4 is 5.01 Å². The second-order valence-electron chi connectivity index (χ2n) is 6.14. The number of aryl methyl sites for hydroxylation is 2. The summed E-state index contributed by atoms with van der Waals surface area (Å²) in [5, 5.41) is 6.22. The minimum Gasteiger partial charge on any atom is -0.463 e. The molecular weight excluding hydrogens is 358 g/mol. The van der Waals surface area contributed by atoms with Crippen molar-refractivity contribution in [1.82, 2.24) is 4.98 Å². The van der Waals surface area contributed by atoms with E-state index < -0.39 is 0 Å². The van der Waals surface area contributed by atoms with Crippen molar-refractivity contribution in [2.45, 2.75) is 13.8 Å². The molecule has 2 heterocycles. The van der Waals surface area contributed by atoms with E-state index in [1.165, 1.54) is 22.6 Å². The maximum atomic E-state index is 13.2. The third kappa shape index (κ3) is 3.52. The normalized spacial score (nSPS) is 11.3. The Labute approximate surface area is 160 Å². The molecule has 4 rings (SSSR count). The summed E-state index contributed by atoms with van der Waals surface area (Å²) in [6, 6.07) is 17.0. The summed E-state index contributed by atoms with van der Waals surface area (Å²) in [6.07, 6.45) is 3.08. The van der Waals surface area contributed by atoms with Gasteiger partial charge in [-0.25, -0.2) is 4.98 Å². The van der Waals surface area contributed by atoms with Crippen LogP contribution in [-0.2, 0) is 0 Å². The van der Waals surface area contributed by atoms with E-state index in [-0.39, 0.29) is 5.91 Å². The van der Waals surface area contributed by atoms with Gasteiger partial charge in [0.2, 0.25) is 5.13 Å². The highest BCUT2D eigenvalue weighted by atomic mass is 32.1. The number of furan rings is 1. The van der Waals surface area contributed by atoms with Crippen molar-refractivity contribution >= 4 is 38.8 Å². The number of para-hydroxylation sites is 1. The molecule has 0 spiro atoms. The van der Waals surface area contributed by atoms with Crippen molar-refractivity contribution in [3.63, 3.8) is 0 Å². The van der Waals surface area contributed by atoms with E-state index in [4.69, 9.17) is 4.42 Å². The Bertz CT molecular complexity index is 1100. The number of carbonyl (C=O) groups is 1. The first-order valence-corrected chi connectivity index (χ1v) is 9.28. The predicted octanol–water partition coefficient (Wildman–Crippen LogP) is 5.19. The molecule has 0 saturated heterocycles. The van der Waals surface area contributed by atoms with E-state index in [1.54, 1.807) is 18.4 Å². The van der Waals surface area contributed by atoms with Gasteiger partial charge in [-0.3, -0.25) is 4.79 Å². The molecule has 2 aromatic heterocycles. The highest BCUT2D eigenvalue weighted by molar-refractivity contribution is 7.22. The summed E-state index contributed by atoms with van der Waals surface area (Å²) in [5.74, 6) is 0.328. The number of hydrogen-bond donors (Lipinski definition) is 0. The molecule has 0 bridgehead atoms. The molecule has 0 unspecified atom stereocenters. The third-order valence-corrected chi connectivity index (χ3v) is 5.27. The largest absolute Gasteiger partial charge is 0.463 e. The van der Waals surface area contributed by atoms with Crippen molar-refractivity contribution < 1.29 is 9.21 Å². The van der Waals surface area contributed by atoms with Crippen molar-refractivity contribution in [3.8, 4) is 0 Å². The van der Waals surface area contributed by atoms with Crippen LogP contribution in [0.4, 0.5) is 5.13 Å². The number of carbonyl (C=O) groups excluding carboxylic acids is 1. The highest BCUT2D eigenvalue weighted by Gasteiger charge is 2.21. The van der Waals surface area contributed by atoms with Gasteiger partial charge in [-0.05, 0) is 61.4 Å². The van der Waals surface area contributed by atoms with E-state index in [0.717, 1.165) is 21.3 Å². The number of thiazole rings is 1. The van der Waals surface area contributed by atoms with Crippen LogP contribution in [0.1, 0.15) is 27.2 Å². The average Bonchev–Trinajstić information content (AvgIpc) is 3.33. The zero-order valence-corrected chi connectivity index (χ0v) is 15.7. The smallest absolute Gasteiger partial charge is 0.280 e. The van der Waals surface area contributed by atoms with Crippen LogP contribution in [0.15, 0.2) is 70.4 Å². The molecule has 4 aromatic rings. The SMILES string of the molecule is Cc1ccc(C(=O)N(/N=C\c2ccco2)c2nc3ccccc3s2)cc1C. The van der Waals surface area contributed by atoms with E-state index in [9.17, 15) is 4.79 Å². The monoisotopic (exact) mass is 375 g/mol. The molecule has 0 aliphatic rings. The van der Waals surface area contributed by atoms with Gasteiger partial charge >= 0.3 is 0 Å². The Morgan fingerprint density at radius 2 is 1.96 bits per heavy atom. The molecule has 0 radical (unpaired) electrons. The topological polar surface area (TPSA) is 58.7 Å². The molecule has 2 aromatic carbocycles. The molecule has 27 heavy (non-hydrogen) atoms. The van der Waals surface area contributed by atoms with Gasteiger partial charge in [0.25, 0.3) is 5.91 Å². The van der Waals surface area contributed by atoms with Gasteiger partial charge in [-0.2, -0.15) is 10.1 Å². The molecule has 0 aliphatic carbocycles. The number of hydrogen-bond acceptors (Lipinski definition) is 5. The summed E-state index contributed by atoms with van der Waals surface area (Å²) in [7, 11) is 0. The maximum Gasteiger partial charge on any atom is 0.280 e. The molecule has 0 fully saturated rings. The first-order chi connectivity index (χ1) is 13.1. The first-order valence-electron chi connectivity index (χ1n) is 8.46. The van der Waals surface area contributed by atoms with Crippen LogP contribution >= 0.6 is 11.3 Å². The average molecular weight is 375 g/mol. The molecule has 5 nitrogen and oxygen atoms in total. The molecule has 0 N–H and O–H groups in total. The molecule has 0 saturated carbocycles. The van der Waals surface area contributed by atoms with Gasteiger partial charge in [-0.15, -0.1) is 0 Å². The summed E-state index contributed by atoms with van der Waals surface area (Å²) in [6.45, 7) is 4.00. The number of rotatable bonds is 4. The Morgan fingerprint density at radius 3 is 2.70 bits per heavy atom. The standard InChI is InChI=1S/C21H17N3O2S/c1-14-9-10-16(12-15(14)2)20(25)24(22-13-17-6-5-11-26-17)21-23-18-7-3-4-8-19(18)27-21/h3-13H,1-2H3/b22-13-. The number of fused-ring (bicyclic) bond motifs is 1. The molecule has 0 aliphatic heterocycles. The quantitative estimate of drug-likeness (QED) is 0.364. The fourth-order valence-electron chi connectivity index (χ4n) is 2.62. The van der Waals surface area contributed by atoms with Gasteiger partial charge in [0.15, 0.2) is 0 Å². The lowest BCUT2D eigenvalue weighted by Gasteiger charge is -2.14. The molecule has 134 valence electrons. The van der Waals surface area contributed by atoms with E-state index in [1.807, 2.05) is 56.3 Å². The maximum absolute atomic E-state index is 13.2. The van der Waals surface area contributed by atoms with Crippen molar-refractivity contribution in [1.29, 1.82) is 0 Å². The molecule has 6 heteroatoms. The first kappa shape index (κ1) is 17.2. The fourth-order valence-corrected chi connectivity index (χ4v) is 3.54. The number of amides is 1. The molecule has 0 atom stereocenters. The summed E-state index contributed by atoms with van der Waals surface area (Å²) >= 11 is 1.42. The zero-order chi connectivity index (χ0) is 18.8. The van der Waals surface area contributed by atoms with Crippen LogP contribution in [0.5, 0.6) is 0 Å². The molecule has 1 amide bonds. The summed E-state index contributed by atoms with van der Waals surface area (Å²) < 4.78 is 6.29. The van der Waals surface area contributed by atoms with Crippen molar-refractivity contribution in [2.24, 2.45) is 5.10 Å². The lowest BCUT2D eigenvalue weighted by Crippen LogP contribution is -2.25. The van der Waals surface area contributed by atoms with Crippen LogP contribution in [-0.4, -0.2) is 17.1 Å². The summed E-state index contributed by atoms with van der Waals surface area (Å²) in [5.41, 5.74) is 3.59. The lowest BCUT2D eigenvalue weighted by atomic mass is 10.1. The molecular formula is C21H17N3O2S. The van der Waals surface area contributed by atoms with Crippen LogP contribution in [0.3, 0.4) is 0 Å². The Hall–Kier alpha value is -3.25. The number of benzene rings is 2. The Balaban J connectivity index is 1.77. The minimum absolute atomic E-state index is 0.236. The number of aromatic nitrogens is 1. The van der Waals surface area contributed by atoms with E-state index >= 15 is 0 Å². The van der Waals surface area contributed by atoms with Gasteiger partial charge < -0.3 is 4.42 Å². The Kier molecular flexibility index (Phi) is 4.56. The lowest BCUT2D eigenvalue weighted by molar-refractivity contribution is 0.0987. The summed E-state index contributed by atoms with van der Waals surface area (Å²) in [4.78, 5) is 17.8. The second-order valence-corrected chi connectivity index (χ2v) is 7.15. The van der Waals surface area contributed by atoms with Crippen LogP contribution in [0, 0.1) is 13.8 Å². The Morgan fingerprint density at radius 1 is 1.11 bits per heavy atom. The number of anilines is 1. The van der Waals surface area contributed by atoms with E-state index in [0.29, 0.717) is 16.5 Å². The van der Waals surface area contributed by atoms with Crippen molar-refractivity contribution in [2.75, 3.05) is 5.01 Å². The van der Waals surface area contributed by atoms with Gasteiger partial charge in [0.05, 0.1) is 22.7 Å². The minimum atomic E-state index is -0.236. The van der Waals surface area contributed by atoms with E-state index in [2.05, 4.69) is 10.1 Å². The van der Waals surface area contributed by atoms with Crippen LogP contribution in [0.2, 0.25) is 0 Å². The van der Waals surface area contributed by atoms with Crippen LogP contribution in [0.25, 0.3) is 10.2 Å². The van der Waals surface area contributed by atoms with Gasteiger partial charge in [-0.1, -0.05) is 29.5 Å². The second kappa shape index (κ2) is 7.17. The predicted molar refractivity (Wildman–Crippen MR) is 109 cm³/mol. The van der Waals surface area contributed by atoms with Gasteiger partial charge in [0, 0.05) is 5.56 Å². The zero-order valence-electron chi connectivity index (χ0n) is 14.9. The highest BCUT2D eigenvalue weighted by Crippen LogP contribution is 2.30. The number of hydrazone groups is 1. The third-order valence-electron chi connectivity index (χ3n) is 4.25. The van der Waals surface area contributed by atoms with Gasteiger partial charge in [0.1, 0.15) is 5.76 Å². The number of nitrogens with zero attached hydrogens (tertiary/aromatic N) is 3. The fraction of sp³-hybridized carbons (Fsp3) is 0.0952. The van der Waals surface area contributed by atoms with Crippen molar-refractivity contribution in [3.05, 3.63) is 83.3 Å².